The summed E-state index contributed by atoms with van der Waals surface area (Å²) in [6.07, 6.45) is 16.3. The Bertz CT molecular complexity index is 1510. The molecule has 2 atom stereocenters. The third-order valence-electron chi connectivity index (χ3n) is 6.77. The van der Waals surface area contributed by atoms with Gasteiger partial charge in [-0.1, -0.05) is 30.5 Å². The molecular formula is C33H40ClN7O3. The van der Waals surface area contributed by atoms with E-state index in [2.05, 4.69) is 36.8 Å². The fraction of sp³-hybridized carbons (Fsp3) is 0.333. The number of aliphatic hydroxyl groups excluding tert-OH is 1. The number of terminal acetylenes is 1. The topological polar surface area (TPSA) is 135 Å². The molecule has 2 heterocycles. The fourth-order valence-electron chi connectivity index (χ4n) is 4.38. The van der Waals surface area contributed by atoms with Gasteiger partial charge in [0.05, 0.1) is 23.0 Å². The number of carbonyl (C=O) groups excluding carboxylic acids is 2. The van der Waals surface area contributed by atoms with Crippen molar-refractivity contribution in [2.75, 3.05) is 37.8 Å². The molecule has 2 unspecified atom stereocenters. The summed E-state index contributed by atoms with van der Waals surface area (Å²) in [6, 6.07) is 6.53. The fourth-order valence-corrected chi connectivity index (χ4v) is 4.57. The molecule has 0 aliphatic heterocycles. The first-order valence-electron chi connectivity index (χ1n) is 14.4. The van der Waals surface area contributed by atoms with Crippen molar-refractivity contribution in [3.63, 3.8) is 0 Å². The van der Waals surface area contributed by atoms with Crippen LogP contribution in [-0.4, -0.2) is 76.1 Å². The number of benzene rings is 1. The second kappa shape index (κ2) is 17.0. The lowest BCUT2D eigenvalue weighted by atomic mass is 10.0. The molecule has 3 aromatic rings. The minimum atomic E-state index is -0.662. The van der Waals surface area contributed by atoms with E-state index in [0.717, 1.165) is 23.2 Å². The standard InChI is InChI=1S/C33H40ClN7O3/c1-6-8-10-27-22(3)36-20-28(27)31-29(34)21-37-33(40-31)39-24(7-2)19-26(42)16-17-35-32(44)23-12-14-25(15-13-23)38-30(43)11-9-18-41(4)5/h1,8-15,20-21,24,26,36,42H,7,16-19H2,2-5H3,(H,35,44)(H,38,43)(H,37,39,40)/b10-8-,11-9+. The molecule has 2 aromatic heterocycles. The maximum atomic E-state index is 12.6. The van der Waals surface area contributed by atoms with E-state index in [9.17, 15) is 14.7 Å². The normalized spacial score (nSPS) is 12.8. The van der Waals surface area contributed by atoms with Crippen LogP contribution in [0, 0.1) is 19.3 Å². The highest BCUT2D eigenvalue weighted by atomic mass is 35.5. The first-order valence-corrected chi connectivity index (χ1v) is 14.8. The Morgan fingerprint density at radius 3 is 2.68 bits per heavy atom. The number of hydrogen-bond donors (Lipinski definition) is 5. The lowest BCUT2D eigenvalue weighted by Crippen LogP contribution is -2.30. The number of aliphatic hydroxyl groups is 1. The molecule has 0 spiro atoms. The van der Waals surface area contributed by atoms with Gasteiger partial charge in [0.2, 0.25) is 11.9 Å². The Kier molecular flexibility index (Phi) is 13.2. The van der Waals surface area contributed by atoms with Gasteiger partial charge in [-0.05, 0) is 76.7 Å². The first-order chi connectivity index (χ1) is 21.1. The van der Waals surface area contributed by atoms with Crippen LogP contribution in [0.4, 0.5) is 11.6 Å². The molecule has 0 radical (unpaired) electrons. The Hall–Kier alpha value is -4.43. The summed E-state index contributed by atoms with van der Waals surface area (Å²) in [7, 11) is 3.84. The average Bonchev–Trinajstić information content (AvgIpc) is 3.36. The highest BCUT2D eigenvalue weighted by Crippen LogP contribution is 2.31. The summed E-state index contributed by atoms with van der Waals surface area (Å²) in [5.74, 6) is 2.40. The van der Waals surface area contributed by atoms with E-state index in [-0.39, 0.29) is 17.9 Å². The predicted octanol–water partition coefficient (Wildman–Crippen LogP) is 4.90. The summed E-state index contributed by atoms with van der Waals surface area (Å²) in [4.78, 5) is 38.7. The van der Waals surface area contributed by atoms with Crippen LogP contribution in [0.15, 0.2) is 54.9 Å². The first kappa shape index (κ1) is 34.1. The SMILES string of the molecule is C#C/C=C\c1c(-c2nc(NC(CC)CC(O)CCNC(=O)c3ccc(NC(=O)/C=C/CN(C)C)cc3)ncc2Cl)c[nH]c1C. The summed E-state index contributed by atoms with van der Waals surface area (Å²) >= 11 is 6.45. The lowest BCUT2D eigenvalue weighted by molar-refractivity contribution is -0.111. The van der Waals surface area contributed by atoms with Crippen molar-refractivity contribution in [1.82, 2.24) is 25.2 Å². The van der Waals surface area contributed by atoms with Gasteiger partial charge in [0.15, 0.2) is 0 Å². The number of nitrogens with zero attached hydrogens (tertiary/aromatic N) is 3. The number of likely N-dealkylation sites (N-methyl/N-ethyl adjacent to an activating group) is 1. The van der Waals surface area contributed by atoms with Gasteiger partial charge < -0.3 is 30.9 Å². The summed E-state index contributed by atoms with van der Waals surface area (Å²) in [6.45, 7) is 4.91. The van der Waals surface area contributed by atoms with Crippen LogP contribution in [0.25, 0.3) is 17.3 Å². The van der Waals surface area contributed by atoms with Crippen molar-refractivity contribution in [2.24, 2.45) is 0 Å². The molecule has 0 aliphatic carbocycles. The molecule has 44 heavy (non-hydrogen) atoms. The van der Waals surface area contributed by atoms with E-state index in [1.165, 1.54) is 6.08 Å². The van der Waals surface area contributed by atoms with Crippen LogP contribution in [0.3, 0.4) is 0 Å². The van der Waals surface area contributed by atoms with E-state index in [4.69, 9.17) is 18.0 Å². The quantitative estimate of drug-likeness (QED) is 0.121. The van der Waals surface area contributed by atoms with Crippen LogP contribution in [-0.2, 0) is 4.79 Å². The molecule has 1 aromatic carbocycles. The van der Waals surface area contributed by atoms with Gasteiger partial charge in [0.25, 0.3) is 5.91 Å². The molecule has 232 valence electrons. The zero-order valence-corrected chi connectivity index (χ0v) is 26.3. The van der Waals surface area contributed by atoms with Crippen LogP contribution in [0.1, 0.15) is 47.8 Å². The van der Waals surface area contributed by atoms with Gasteiger partial charge in [-0.25, -0.2) is 9.97 Å². The van der Waals surface area contributed by atoms with Gasteiger partial charge in [-0.3, -0.25) is 9.59 Å². The number of aromatic nitrogens is 3. The number of carbonyl (C=O) groups is 2. The molecule has 3 rings (SSSR count). The van der Waals surface area contributed by atoms with Gasteiger partial charge in [0.1, 0.15) is 0 Å². The zero-order valence-electron chi connectivity index (χ0n) is 25.5. The molecule has 0 bridgehead atoms. The van der Waals surface area contributed by atoms with Gasteiger partial charge in [0, 0.05) is 59.5 Å². The number of aryl methyl sites for hydroxylation is 1. The van der Waals surface area contributed by atoms with Gasteiger partial charge in [-0.2, -0.15) is 0 Å². The van der Waals surface area contributed by atoms with Crippen molar-refractivity contribution in [3.05, 3.63) is 76.7 Å². The minimum Gasteiger partial charge on any atom is -0.393 e. The molecule has 11 heteroatoms. The van der Waals surface area contributed by atoms with E-state index >= 15 is 0 Å². The molecule has 0 saturated carbocycles. The third kappa shape index (κ3) is 10.4. The maximum Gasteiger partial charge on any atom is 0.251 e. The Balaban J connectivity index is 1.50. The smallest absolute Gasteiger partial charge is 0.251 e. The number of allylic oxidation sites excluding steroid dienone is 1. The van der Waals surface area contributed by atoms with Crippen LogP contribution in [0.2, 0.25) is 5.02 Å². The van der Waals surface area contributed by atoms with Crippen LogP contribution in [0.5, 0.6) is 0 Å². The molecular weight excluding hydrogens is 578 g/mol. The molecule has 0 fully saturated rings. The number of nitrogens with one attached hydrogen (secondary N) is 4. The lowest BCUT2D eigenvalue weighted by Gasteiger charge is -2.21. The number of amides is 2. The minimum absolute atomic E-state index is 0.107. The van der Waals surface area contributed by atoms with E-state index in [1.54, 1.807) is 42.6 Å². The third-order valence-corrected chi connectivity index (χ3v) is 7.05. The summed E-state index contributed by atoms with van der Waals surface area (Å²) in [5.41, 5.74) is 4.25. The molecule has 5 N–H and O–H groups in total. The highest BCUT2D eigenvalue weighted by molar-refractivity contribution is 6.33. The molecule has 10 nitrogen and oxygen atoms in total. The Morgan fingerprint density at radius 1 is 1.25 bits per heavy atom. The monoisotopic (exact) mass is 617 g/mol. The van der Waals surface area contributed by atoms with Gasteiger partial charge in [-0.15, -0.1) is 6.42 Å². The number of aromatic amines is 1. The molecule has 2 amide bonds. The molecule has 0 saturated heterocycles. The zero-order chi connectivity index (χ0) is 32.1. The number of hydrogen-bond acceptors (Lipinski definition) is 7. The highest BCUT2D eigenvalue weighted by Gasteiger charge is 2.18. The largest absolute Gasteiger partial charge is 0.393 e. The average molecular weight is 618 g/mol. The van der Waals surface area contributed by atoms with Gasteiger partial charge >= 0.3 is 0 Å². The maximum absolute atomic E-state index is 12.6. The Labute approximate surface area is 264 Å². The van der Waals surface area contributed by atoms with Crippen molar-refractivity contribution in [3.8, 4) is 23.6 Å². The summed E-state index contributed by atoms with van der Waals surface area (Å²) in [5, 5.41) is 20.0. The van der Waals surface area contributed by atoms with Crippen molar-refractivity contribution < 1.29 is 14.7 Å². The second-order valence-corrected chi connectivity index (χ2v) is 11.0. The predicted molar refractivity (Wildman–Crippen MR) is 177 cm³/mol. The van der Waals surface area contributed by atoms with Crippen LogP contribution >= 0.6 is 11.6 Å². The van der Waals surface area contributed by atoms with Crippen molar-refractivity contribution in [2.45, 2.75) is 45.3 Å². The number of anilines is 2. The molecule has 0 aliphatic rings. The number of halogens is 1. The van der Waals surface area contributed by atoms with E-state index < -0.39 is 6.10 Å². The summed E-state index contributed by atoms with van der Waals surface area (Å²) < 4.78 is 0. The van der Waals surface area contributed by atoms with E-state index in [1.807, 2.05) is 45.1 Å². The Morgan fingerprint density at radius 2 is 2.00 bits per heavy atom. The van der Waals surface area contributed by atoms with Crippen LogP contribution < -0.4 is 16.0 Å². The number of H-pyrrole nitrogens is 1. The number of rotatable bonds is 15. The van der Waals surface area contributed by atoms with Crippen molar-refractivity contribution >= 4 is 41.1 Å². The van der Waals surface area contributed by atoms with Crippen molar-refractivity contribution in [1.29, 1.82) is 0 Å². The van der Waals surface area contributed by atoms with E-state index in [0.29, 0.717) is 53.8 Å². The second-order valence-electron chi connectivity index (χ2n) is 10.5.